The maximum absolute atomic E-state index is 11.9. The molecule has 0 saturated carbocycles. The molecule has 1 aromatic carbocycles. The fraction of sp³-hybridized carbons (Fsp3) is 0.312. The lowest BCUT2D eigenvalue weighted by atomic mass is 10.2. The molecule has 0 aliphatic rings. The van der Waals surface area contributed by atoms with Gasteiger partial charge in [-0.25, -0.2) is 0 Å². The SMILES string of the molecule is Cc1cc(CC(=O)Nc2ccc(C(=O)NC(C)C)cc2)on1. The first-order valence-corrected chi connectivity index (χ1v) is 7.07. The predicted octanol–water partition coefficient (Wildman–Crippen LogP) is 2.30. The van der Waals surface area contributed by atoms with Gasteiger partial charge in [0.1, 0.15) is 5.76 Å². The minimum Gasteiger partial charge on any atom is -0.361 e. The van der Waals surface area contributed by atoms with E-state index in [4.69, 9.17) is 4.52 Å². The van der Waals surface area contributed by atoms with Gasteiger partial charge in [0.25, 0.3) is 5.91 Å². The van der Waals surface area contributed by atoms with Crippen molar-refractivity contribution in [1.29, 1.82) is 0 Å². The summed E-state index contributed by atoms with van der Waals surface area (Å²) in [5.41, 5.74) is 1.92. The van der Waals surface area contributed by atoms with E-state index in [0.29, 0.717) is 17.0 Å². The minimum atomic E-state index is -0.199. The Hall–Kier alpha value is -2.63. The fourth-order valence-corrected chi connectivity index (χ4v) is 1.91. The van der Waals surface area contributed by atoms with E-state index in [1.54, 1.807) is 37.3 Å². The van der Waals surface area contributed by atoms with Crippen LogP contribution in [0, 0.1) is 6.92 Å². The Morgan fingerprint density at radius 2 is 1.91 bits per heavy atom. The maximum Gasteiger partial charge on any atom is 0.251 e. The number of aromatic nitrogens is 1. The summed E-state index contributed by atoms with van der Waals surface area (Å²) >= 11 is 0. The van der Waals surface area contributed by atoms with Crippen molar-refractivity contribution in [2.75, 3.05) is 5.32 Å². The summed E-state index contributed by atoms with van der Waals surface area (Å²) in [5.74, 6) is 0.184. The number of aryl methyl sites for hydroxylation is 1. The highest BCUT2D eigenvalue weighted by atomic mass is 16.5. The lowest BCUT2D eigenvalue weighted by Crippen LogP contribution is -2.30. The van der Waals surface area contributed by atoms with Crippen molar-refractivity contribution >= 4 is 17.5 Å². The summed E-state index contributed by atoms with van der Waals surface area (Å²) in [6.07, 6.45) is 0.121. The standard InChI is InChI=1S/C16H19N3O3/c1-10(2)17-16(21)12-4-6-13(7-5-12)18-15(20)9-14-8-11(3)19-22-14/h4-8,10H,9H2,1-3H3,(H,17,21)(H,18,20). The number of nitrogens with zero attached hydrogens (tertiary/aromatic N) is 1. The van der Waals surface area contributed by atoms with Crippen LogP contribution in [0.15, 0.2) is 34.9 Å². The quantitative estimate of drug-likeness (QED) is 0.887. The highest BCUT2D eigenvalue weighted by Crippen LogP contribution is 2.11. The van der Waals surface area contributed by atoms with Gasteiger partial charge in [-0.05, 0) is 45.0 Å². The van der Waals surface area contributed by atoms with E-state index in [2.05, 4.69) is 15.8 Å². The monoisotopic (exact) mass is 301 g/mol. The first-order valence-electron chi connectivity index (χ1n) is 7.07. The number of benzene rings is 1. The van der Waals surface area contributed by atoms with Crippen molar-refractivity contribution in [3.05, 3.63) is 47.3 Å². The summed E-state index contributed by atoms with van der Waals surface area (Å²) in [4.78, 5) is 23.7. The zero-order valence-corrected chi connectivity index (χ0v) is 12.8. The number of carbonyl (C=O) groups is 2. The molecular formula is C16H19N3O3. The maximum atomic E-state index is 11.9. The molecular weight excluding hydrogens is 282 g/mol. The molecule has 0 radical (unpaired) electrons. The molecule has 0 spiro atoms. The van der Waals surface area contributed by atoms with Gasteiger partial charge in [0.05, 0.1) is 12.1 Å². The molecule has 1 aromatic heterocycles. The van der Waals surface area contributed by atoms with E-state index in [9.17, 15) is 9.59 Å². The number of hydrogen-bond donors (Lipinski definition) is 2. The third-order valence-electron chi connectivity index (χ3n) is 2.86. The number of nitrogens with one attached hydrogen (secondary N) is 2. The summed E-state index contributed by atoms with van der Waals surface area (Å²) in [6, 6.07) is 8.53. The predicted molar refractivity (Wildman–Crippen MR) is 82.6 cm³/mol. The van der Waals surface area contributed by atoms with Gasteiger partial charge >= 0.3 is 0 Å². The second-order valence-corrected chi connectivity index (χ2v) is 5.37. The zero-order valence-electron chi connectivity index (χ0n) is 12.8. The van der Waals surface area contributed by atoms with Crippen LogP contribution in [0.4, 0.5) is 5.69 Å². The number of hydrogen-bond acceptors (Lipinski definition) is 4. The molecule has 6 heteroatoms. The van der Waals surface area contributed by atoms with Gasteiger partial charge in [0.15, 0.2) is 0 Å². The second kappa shape index (κ2) is 6.89. The van der Waals surface area contributed by atoms with Gasteiger partial charge in [0, 0.05) is 23.4 Å². The first-order chi connectivity index (χ1) is 10.4. The van der Waals surface area contributed by atoms with Crippen molar-refractivity contribution in [3.63, 3.8) is 0 Å². The summed E-state index contributed by atoms with van der Waals surface area (Å²) < 4.78 is 5.00. The van der Waals surface area contributed by atoms with E-state index in [0.717, 1.165) is 5.69 Å². The molecule has 0 fully saturated rings. The van der Waals surface area contributed by atoms with Gasteiger partial charge in [-0.2, -0.15) is 0 Å². The lowest BCUT2D eigenvalue weighted by molar-refractivity contribution is -0.115. The molecule has 0 aliphatic heterocycles. The highest BCUT2D eigenvalue weighted by molar-refractivity contribution is 5.96. The van der Waals surface area contributed by atoms with E-state index < -0.39 is 0 Å². The molecule has 6 nitrogen and oxygen atoms in total. The van der Waals surface area contributed by atoms with Crippen LogP contribution in [-0.2, 0) is 11.2 Å². The average Bonchev–Trinajstić information content (AvgIpc) is 2.83. The normalized spacial score (nSPS) is 10.5. The Kier molecular flexibility index (Phi) is 4.93. The van der Waals surface area contributed by atoms with Gasteiger partial charge in [-0.3, -0.25) is 9.59 Å². The fourth-order valence-electron chi connectivity index (χ4n) is 1.91. The van der Waals surface area contributed by atoms with E-state index in [1.165, 1.54) is 0 Å². The molecule has 2 amide bonds. The van der Waals surface area contributed by atoms with Gasteiger partial charge in [-0.1, -0.05) is 5.16 Å². The summed E-state index contributed by atoms with van der Waals surface area (Å²) in [7, 11) is 0. The Morgan fingerprint density at radius 3 is 2.45 bits per heavy atom. The Labute approximate surface area is 128 Å². The minimum absolute atomic E-state index is 0.0808. The average molecular weight is 301 g/mol. The summed E-state index contributed by atoms with van der Waals surface area (Å²) in [5, 5.41) is 9.29. The lowest BCUT2D eigenvalue weighted by Gasteiger charge is -2.09. The van der Waals surface area contributed by atoms with Crippen LogP contribution in [0.1, 0.15) is 35.7 Å². The molecule has 116 valence electrons. The molecule has 0 saturated heterocycles. The van der Waals surface area contributed by atoms with Gasteiger partial charge in [-0.15, -0.1) is 0 Å². The van der Waals surface area contributed by atoms with Crippen LogP contribution >= 0.6 is 0 Å². The molecule has 2 aromatic rings. The number of carbonyl (C=O) groups excluding carboxylic acids is 2. The van der Waals surface area contributed by atoms with Crippen LogP contribution in [0.5, 0.6) is 0 Å². The van der Waals surface area contributed by atoms with Gasteiger partial charge < -0.3 is 15.2 Å². The molecule has 0 unspecified atom stereocenters. The molecule has 22 heavy (non-hydrogen) atoms. The Balaban J connectivity index is 1.93. The van der Waals surface area contributed by atoms with Crippen molar-refractivity contribution in [3.8, 4) is 0 Å². The number of rotatable bonds is 5. The van der Waals surface area contributed by atoms with E-state index in [1.807, 2.05) is 13.8 Å². The second-order valence-electron chi connectivity index (χ2n) is 5.37. The van der Waals surface area contributed by atoms with E-state index >= 15 is 0 Å². The van der Waals surface area contributed by atoms with E-state index in [-0.39, 0.29) is 24.3 Å². The van der Waals surface area contributed by atoms with Crippen LogP contribution in [0.2, 0.25) is 0 Å². The molecule has 1 heterocycles. The molecule has 0 bridgehead atoms. The number of anilines is 1. The summed E-state index contributed by atoms with van der Waals surface area (Å²) in [6.45, 7) is 5.60. The van der Waals surface area contributed by atoms with Crippen molar-refractivity contribution in [1.82, 2.24) is 10.5 Å². The van der Waals surface area contributed by atoms with Gasteiger partial charge in [0.2, 0.25) is 5.91 Å². The smallest absolute Gasteiger partial charge is 0.251 e. The topological polar surface area (TPSA) is 84.2 Å². The first kappa shape index (κ1) is 15.8. The Morgan fingerprint density at radius 1 is 1.23 bits per heavy atom. The van der Waals surface area contributed by atoms with Crippen molar-refractivity contribution in [2.24, 2.45) is 0 Å². The van der Waals surface area contributed by atoms with Crippen molar-refractivity contribution < 1.29 is 14.1 Å². The van der Waals surface area contributed by atoms with Crippen LogP contribution in [-0.4, -0.2) is 23.0 Å². The molecule has 2 N–H and O–H groups in total. The molecule has 2 rings (SSSR count). The highest BCUT2D eigenvalue weighted by Gasteiger charge is 2.10. The third-order valence-corrected chi connectivity index (χ3v) is 2.86. The molecule has 0 atom stereocenters. The third kappa shape index (κ3) is 4.44. The number of amides is 2. The largest absolute Gasteiger partial charge is 0.361 e. The van der Waals surface area contributed by atoms with Crippen LogP contribution in [0.25, 0.3) is 0 Å². The van der Waals surface area contributed by atoms with Crippen molar-refractivity contribution in [2.45, 2.75) is 33.2 Å². The van der Waals surface area contributed by atoms with Crippen LogP contribution < -0.4 is 10.6 Å². The Bertz CT molecular complexity index is 660. The zero-order chi connectivity index (χ0) is 16.1. The molecule has 0 aliphatic carbocycles. The van der Waals surface area contributed by atoms with Crippen LogP contribution in [0.3, 0.4) is 0 Å².